The third-order valence-corrected chi connectivity index (χ3v) is 7.03. The predicted octanol–water partition coefficient (Wildman–Crippen LogP) is 5.00. The van der Waals surface area contributed by atoms with Crippen molar-refractivity contribution in [1.29, 1.82) is 0 Å². The molecule has 5 rings (SSSR count). The van der Waals surface area contributed by atoms with Gasteiger partial charge in [-0.2, -0.15) is 8.78 Å². The fraction of sp³-hybridized carbons (Fsp3) is 0.357. The Bertz CT molecular complexity index is 1510. The van der Waals surface area contributed by atoms with E-state index in [9.17, 15) is 13.6 Å². The van der Waals surface area contributed by atoms with Gasteiger partial charge in [0.1, 0.15) is 23.5 Å². The van der Waals surface area contributed by atoms with Crippen molar-refractivity contribution in [2.24, 2.45) is 0 Å². The van der Waals surface area contributed by atoms with Gasteiger partial charge in [-0.1, -0.05) is 12.1 Å². The largest absolute Gasteiger partial charge is 0.481 e. The van der Waals surface area contributed by atoms with Gasteiger partial charge in [-0.3, -0.25) is 0 Å². The Morgan fingerprint density at radius 1 is 1.12 bits per heavy atom. The summed E-state index contributed by atoms with van der Waals surface area (Å²) in [4.78, 5) is 33.8. The van der Waals surface area contributed by atoms with E-state index in [0.717, 1.165) is 22.5 Å². The van der Waals surface area contributed by atoms with E-state index >= 15 is 0 Å². The van der Waals surface area contributed by atoms with Crippen molar-refractivity contribution in [2.45, 2.75) is 39.0 Å². The number of anilines is 1. The summed E-state index contributed by atoms with van der Waals surface area (Å²) in [5.74, 6) is 1.35. The molecule has 1 aromatic carbocycles. The highest BCUT2D eigenvalue weighted by Gasteiger charge is 2.38. The van der Waals surface area contributed by atoms with Gasteiger partial charge in [0.25, 0.3) is 0 Å². The molecule has 4 heterocycles. The first-order valence-corrected chi connectivity index (χ1v) is 12.9. The predicted molar refractivity (Wildman–Crippen MR) is 147 cm³/mol. The van der Waals surface area contributed by atoms with Crippen LogP contribution >= 0.6 is 0 Å². The van der Waals surface area contributed by atoms with Crippen LogP contribution in [0.1, 0.15) is 32.4 Å². The number of hydrogen-bond acceptors (Lipinski definition) is 7. The molecule has 1 fully saturated rings. The molecular weight excluding hydrogens is 520 g/mol. The van der Waals surface area contributed by atoms with Crippen molar-refractivity contribution in [3.8, 4) is 22.9 Å². The van der Waals surface area contributed by atoms with Crippen LogP contribution in [0.4, 0.5) is 19.4 Å². The fourth-order valence-electron chi connectivity index (χ4n) is 5.04. The van der Waals surface area contributed by atoms with E-state index < -0.39 is 18.2 Å². The number of nitrogens with zero attached hydrogens (tertiary/aromatic N) is 5. The van der Waals surface area contributed by atoms with Gasteiger partial charge in [0.15, 0.2) is 0 Å². The van der Waals surface area contributed by atoms with E-state index in [4.69, 9.17) is 4.74 Å². The van der Waals surface area contributed by atoms with Gasteiger partial charge in [0, 0.05) is 43.2 Å². The van der Waals surface area contributed by atoms with Gasteiger partial charge in [-0.15, -0.1) is 0 Å². The monoisotopic (exact) mass is 551 g/mol. The van der Waals surface area contributed by atoms with Crippen LogP contribution < -0.4 is 19.7 Å². The van der Waals surface area contributed by atoms with Crippen LogP contribution in [-0.4, -0.2) is 69.8 Å². The summed E-state index contributed by atoms with van der Waals surface area (Å²) in [7, 11) is 1.58. The van der Waals surface area contributed by atoms with Crippen molar-refractivity contribution >= 4 is 22.9 Å². The summed E-state index contributed by atoms with van der Waals surface area (Å²) in [6.07, 6.45) is 3.22. The average molecular weight is 552 g/mol. The van der Waals surface area contributed by atoms with Crippen molar-refractivity contribution < 1.29 is 23.0 Å². The number of piperazine rings is 1. The van der Waals surface area contributed by atoms with Crippen LogP contribution in [0.25, 0.3) is 22.3 Å². The van der Waals surface area contributed by atoms with Crippen LogP contribution in [0.3, 0.4) is 0 Å². The van der Waals surface area contributed by atoms with Crippen molar-refractivity contribution in [3.05, 3.63) is 60.6 Å². The first-order chi connectivity index (χ1) is 19.1. The lowest BCUT2D eigenvalue weighted by Crippen LogP contribution is -2.63. The van der Waals surface area contributed by atoms with Gasteiger partial charge in [-0.05, 0) is 50.6 Å². The maximum Gasteiger partial charge on any atom is 0.387 e. The van der Waals surface area contributed by atoms with Crippen LogP contribution in [-0.2, 0) is 0 Å². The molecular formula is C28H31F2N7O3. The molecule has 1 aliphatic rings. The molecule has 1 atom stereocenters. The average Bonchev–Trinajstić information content (AvgIpc) is 3.37. The number of alkyl halides is 2. The summed E-state index contributed by atoms with van der Waals surface area (Å²) in [6, 6.07) is 11.5. The number of aromatic nitrogens is 4. The molecule has 40 heavy (non-hydrogen) atoms. The lowest BCUT2D eigenvalue weighted by molar-refractivity contribution is -0.0499. The third kappa shape index (κ3) is 5.61. The lowest BCUT2D eigenvalue weighted by Gasteiger charge is -2.47. The Balaban J connectivity index is 1.31. The zero-order valence-corrected chi connectivity index (χ0v) is 22.7. The Kier molecular flexibility index (Phi) is 7.42. The molecule has 2 amide bonds. The molecule has 0 saturated carbocycles. The topological polar surface area (TPSA) is 109 Å². The normalized spacial score (nSPS) is 15.8. The minimum atomic E-state index is -2.91. The van der Waals surface area contributed by atoms with E-state index in [0.29, 0.717) is 36.7 Å². The second-order valence-electron chi connectivity index (χ2n) is 10.2. The molecule has 10 nitrogen and oxygen atoms in total. The van der Waals surface area contributed by atoms with E-state index in [2.05, 4.69) is 34.9 Å². The van der Waals surface area contributed by atoms with Gasteiger partial charge in [0.05, 0.1) is 24.1 Å². The van der Waals surface area contributed by atoms with Crippen LogP contribution in [0.5, 0.6) is 11.6 Å². The zero-order valence-electron chi connectivity index (χ0n) is 22.7. The Labute approximate surface area is 230 Å². The number of aromatic amines is 1. The number of ether oxygens (including phenoxy) is 2. The number of benzene rings is 1. The molecule has 0 aliphatic carbocycles. The zero-order chi connectivity index (χ0) is 28.4. The van der Waals surface area contributed by atoms with E-state index in [1.807, 2.05) is 39.0 Å². The quantitative estimate of drug-likeness (QED) is 0.333. The van der Waals surface area contributed by atoms with Gasteiger partial charge in [0.2, 0.25) is 5.88 Å². The number of nitrogens with one attached hydrogen (secondary N) is 2. The van der Waals surface area contributed by atoms with E-state index in [-0.39, 0.29) is 11.8 Å². The number of amides is 2. The van der Waals surface area contributed by atoms with Crippen LogP contribution in [0.2, 0.25) is 0 Å². The molecule has 1 unspecified atom stereocenters. The molecule has 2 N–H and O–H groups in total. The number of H-pyrrole nitrogens is 1. The van der Waals surface area contributed by atoms with Crippen LogP contribution in [0, 0.1) is 0 Å². The minimum Gasteiger partial charge on any atom is -0.481 e. The number of urea groups is 1. The molecule has 0 spiro atoms. The van der Waals surface area contributed by atoms with Crippen LogP contribution in [0.15, 0.2) is 55.0 Å². The smallest absolute Gasteiger partial charge is 0.387 e. The lowest BCUT2D eigenvalue weighted by atomic mass is 9.98. The van der Waals surface area contributed by atoms with E-state index in [1.165, 1.54) is 18.5 Å². The SMILES string of the molecule is COc1cc(-c2cc3c(N4CCN(C(=O)NC(C)c5cccc(OC(F)F)c5)C(C)(C)C4)ncnc3[nH]2)ccn1. The molecule has 1 saturated heterocycles. The highest BCUT2D eigenvalue weighted by Crippen LogP contribution is 2.32. The summed E-state index contributed by atoms with van der Waals surface area (Å²) in [6.45, 7) is 4.48. The molecule has 0 bridgehead atoms. The highest BCUT2D eigenvalue weighted by molar-refractivity contribution is 5.92. The Hall–Kier alpha value is -4.48. The van der Waals surface area contributed by atoms with Gasteiger partial charge in [-0.25, -0.2) is 19.7 Å². The van der Waals surface area contributed by atoms with E-state index in [1.54, 1.807) is 30.3 Å². The van der Waals surface area contributed by atoms with Crippen molar-refractivity contribution in [3.63, 3.8) is 0 Å². The number of carbonyl (C=O) groups excluding carboxylic acids is 1. The summed E-state index contributed by atoms with van der Waals surface area (Å²) in [5, 5.41) is 3.87. The number of carbonyl (C=O) groups is 1. The molecule has 0 radical (unpaired) electrons. The number of methoxy groups -OCH3 is 1. The second-order valence-corrected chi connectivity index (χ2v) is 10.2. The second kappa shape index (κ2) is 10.9. The number of rotatable bonds is 7. The number of hydrogen-bond donors (Lipinski definition) is 2. The summed E-state index contributed by atoms with van der Waals surface area (Å²) >= 11 is 0. The molecule has 12 heteroatoms. The first kappa shape index (κ1) is 27.1. The summed E-state index contributed by atoms with van der Waals surface area (Å²) in [5.41, 5.74) is 2.63. The standard InChI is InChI=1S/C28H31F2N7O3/c1-17(18-6-5-7-20(12-18)40-26(29)30)34-27(38)37-11-10-36(15-28(37,2)3)25-21-14-22(35-24(21)32-16-33-25)19-8-9-31-23(13-19)39-4/h5-9,12-14,16-17,26H,10-11,15H2,1-4H3,(H,34,38)(H,32,33,35). The highest BCUT2D eigenvalue weighted by atomic mass is 19.3. The Morgan fingerprint density at radius 3 is 2.70 bits per heavy atom. The molecule has 1 aliphatic heterocycles. The third-order valence-electron chi connectivity index (χ3n) is 7.03. The molecule has 210 valence electrons. The maximum absolute atomic E-state index is 13.3. The number of pyridine rings is 1. The Morgan fingerprint density at radius 2 is 1.95 bits per heavy atom. The number of halogens is 2. The van der Waals surface area contributed by atoms with Gasteiger partial charge >= 0.3 is 12.6 Å². The molecule has 3 aromatic heterocycles. The molecule has 4 aromatic rings. The minimum absolute atomic E-state index is 0.0506. The summed E-state index contributed by atoms with van der Waals surface area (Å²) < 4.78 is 35.0. The maximum atomic E-state index is 13.3. The fourth-order valence-corrected chi connectivity index (χ4v) is 5.04. The van der Waals surface area contributed by atoms with Crippen molar-refractivity contribution in [2.75, 3.05) is 31.6 Å². The first-order valence-electron chi connectivity index (χ1n) is 12.9. The number of fused-ring (bicyclic) bond motifs is 1. The van der Waals surface area contributed by atoms with Gasteiger partial charge < -0.3 is 29.6 Å². The van der Waals surface area contributed by atoms with Crippen molar-refractivity contribution in [1.82, 2.24) is 30.2 Å².